The van der Waals surface area contributed by atoms with E-state index in [9.17, 15) is 4.79 Å². The number of amides is 1. The summed E-state index contributed by atoms with van der Waals surface area (Å²) in [6.45, 7) is 1.92. The van der Waals surface area contributed by atoms with Crippen molar-refractivity contribution in [2.24, 2.45) is 0 Å². The summed E-state index contributed by atoms with van der Waals surface area (Å²) < 4.78 is 1.60. The van der Waals surface area contributed by atoms with Crippen molar-refractivity contribution in [1.29, 1.82) is 0 Å². The number of likely N-dealkylation sites (tertiary alicyclic amines) is 1. The molecule has 0 spiro atoms. The van der Waals surface area contributed by atoms with Crippen LogP contribution in [0.1, 0.15) is 19.3 Å². The number of carbonyl (C=O) groups excluding carboxylic acids is 1. The number of hydrogen-bond donors (Lipinski definition) is 0. The molecule has 1 aliphatic rings. The monoisotopic (exact) mass is 284 g/mol. The summed E-state index contributed by atoms with van der Waals surface area (Å²) >= 11 is 5.81. The minimum Gasteiger partial charge on any atom is -0.340 e. The zero-order valence-corrected chi connectivity index (χ0v) is 12.3. The van der Waals surface area contributed by atoms with E-state index in [1.165, 1.54) is 6.42 Å². The second-order valence-corrected chi connectivity index (χ2v) is 5.75. The smallest absolute Gasteiger partial charge is 0.244 e. The van der Waals surface area contributed by atoms with Crippen molar-refractivity contribution in [3.8, 4) is 0 Å². The molecule has 1 aromatic heterocycles. The minimum absolute atomic E-state index is 0.119. The number of hydrogen-bond acceptors (Lipinski definition) is 3. The normalized spacial score (nSPS) is 20.6. The van der Waals surface area contributed by atoms with Gasteiger partial charge >= 0.3 is 0 Å². The molecule has 2 heterocycles. The van der Waals surface area contributed by atoms with Crippen LogP contribution in [0.25, 0.3) is 0 Å². The van der Waals surface area contributed by atoms with Gasteiger partial charge in [-0.25, -0.2) is 0 Å². The Morgan fingerprint density at radius 2 is 2.32 bits per heavy atom. The fourth-order valence-electron chi connectivity index (χ4n) is 2.43. The van der Waals surface area contributed by atoms with E-state index in [0.29, 0.717) is 11.1 Å². The van der Waals surface area contributed by atoms with E-state index in [4.69, 9.17) is 11.6 Å². The highest BCUT2D eigenvalue weighted by molar-refractivity contribution is 6.30. The molecule has 2 rings (SSSR count). The number of aromatic nitrogens is 2. The summed E-state index contributed by atoms with van der Waals surface area (Å²) in [7, 11) is 4.15. The zero-order chi connectivity index (χ0) is 13.8. The molecule has 106 valence electrons. The maximum atomic E-state index is 12.3. The molecule has 1 saturated heterocycles. The summed E-state index contributed by atoms with van der Waals surface area (Å²) in [5.74, 6) is 0.119. The molecule has 0 bridgehead atoms. The molecule has 1 aromatic rings. The topological polar surface area (TPSA) is 41.4 Å². The molecule has 0 aromatic carbocycles. The van der Waals surface area contributed by atoms with Crippen LogP contribution in [-0.4, -0.2) is 58.7 Å². The third kappa shape index (κ3) is 3.94. The average molecular weight is 285 g/mol. The highest BCUT2D eigenvalue weighted by Gasteiger charge is 2.23. The Hall–Kier alpha value is -1.07. The van der Waals surface area contributed by atoms with Crippen molar-refractivity contribution < 1.29 is 4.79 Å². The van der Waals surface area contributed by atoms with Gasteiger partial charge in [0.2, 0.25) is 5.91 Å². The van der Waals surface area contributed by atoms with Gasteiger partial charge in [-0.05, 0) is 26.9 Å². The first-order chi connectivity index (χ1) is 9.06. The molecule has 0 unspecified atom stereocenters. The van der Waals surface area contributed by atoms with Crippen LogP contribution in [0, 0.1) is 0 Å². The van der Waals surface area contributed by atoms with Crippen molar-refractivity contribution in [3.05, 3.63) is 17.4 Å². The van der Waals surface area contributed by atoms with Gasteiger partial charge in [-0.3, -0.25) is 9.48 Å². The fourth-order valence-corrected chi connectivity index (χ4v) is 2.59. The van der Waals surface area contributed by atoms with Gasteiger partial charge < -0.3 is 9.80 Å². The molecule has 1 aliphatic heterocycles. The number of rotatable bonds is 3. The van der Waals surface area contributed by atoms with Crippen LogP contribution in [0.3, 0.4) is 0 Å². The van der Waals surface area contributed by atoms with E-state index in [1.54, 1.807) is 17.1 Å². The number of nitrogens with zero attached hydrogens (tertiary/aromatic N) is 4. The van der Waals surface area contributed by atoms with Crippen LogP contribution in [0.15, 0.2) is 12.4 Å². The lowest BCUT2D eigenvalue weighted by Crippen LogP contribution is -2.43. The van der Waals surface area contributed by atoms with E-state index in [0.717, 1.165) is 25.9 Å². The molecule has 0 radical (unpaired) electrons. The Bertz CT molecular complexity index is 432. The largest absolute Gasteiger partial charge is 0.340 e. The zero-order valence-electron chi connectivity index (χ0n) is 11.5. The number of carbonyl (C=O) groups is 1. The second-order valence-electron chi connectivity index (χ2n) is 5.31. The first-order valence-corrected chi connectivity index (χ1v) is 7.06. The first kappa shape index (κ1) is 14.3. The van der Waals surface area contributed by atoms with Crippen molar-refractivity contribution >= 4 is 17.5 Å². The summed E-state index contributed by atoms with van der Waals surface area (Å²) in [5, 5.41) is 4.62. The Balaban J connectivity index is 1.97. The maximum absolute atomic E-state index is 12.3. The van der Waals surface area contributed by atoms with Crippen molar-refractivity contribution in [2.75, 3.05) is 27.2 Å². The lowest BCUT2D eigenvalue weighted by atomic mass is 10.1. The lowest BCUT2D eigenvalue weighted by molar-refractivity contribution is -0.132. The third-order valence-corrected chi connectivity index (χ3v) is 3.82. The number of halogens is 1. The van der Waals surface area contributed by atoms with Gasteiger partial charge in [-0.2, -0.15) is 5.10 Å². The van der Waals surface area contributed by atoms with Gasteiger partial charge in [0.1, 0.15) is 6.54 Å². The van der Waals surface area contributed by atoms with E-state index in [2.05, 4.69) is 24.1 Å². The molecule has 5 nitrogen and oxygen atoms in total. The Morgan fingerprint density at radius 1 is 1.53 bits per heavy atom. The van der Waals surface area contributed by atoms with Gasteiger partial charge in [-0.1, -0.05) is 18.0 Å². The van der Waals surface area contributed by atoms with Crippen LogP contribution in [0.4, 0.5) is 0 Å². The van der Waals surface area contributed by atoms with E-state index in [-0.39, 0.29) is 12.5 Å². The van der Waals surface area contributed by atoms with Crippen LogP contribution in [0.5, 0.6) is 0 Å². The van der Waals surface area contributed by atoms with Gasteiger partial charge in [0.15, 0.2) is 0 Å². The highest BCUT2D eigenvalue weighted by atomic mass is 35.5. The van der Waals surface area contributed by atoms with Gasteiger partial charge in [-0.15, -0.1) is 0 Å². The van der Waals surface area contributed by atoms with Crippen molar-refractivity contribution in [2.45, 2.75) is 31.8 Å². The SMILES string of the molecule is CN(C)[C@H]1CCCCN(C(=O)Cn2cc(Cl)cn2)C1. The number of likely N-dealkylation sites (N-methyl/N-ethyl adjacent to an activating group) is 1. The summed E-state index contributed by atoms with van der Waals surface area (Å²) in [6.07, 6.45) is 6.65. The van der Waals surface area contributed by atoms with Crippen LogP contribution >= 0.6 is 11.6 Å². The van der Waals surface area contributed by atoms with E-state index in [1.807, 2.05) is 4.90 Å². The fraction of sp³-hybridized carbons (Fsp3) is 0.692. The molecule has 0 N–H and O–H groups in total. The second kappa shape index (κ2) is 6.39. The quantitative estimate of drug-likeness (QED) is 0.844. The standard InChI is InChI=1S/C13H21ClN4O/c1-16(2)12-5-3-4-6-17(9-12)13(19)10-18-8-11(14)7-15-18/h7-8,12H,3-6,9-10H2,1-2H3/t12-/m0/s1. The molecule has 1 fully saturated rings. The molecule has 0 aliphatic carbocycles. The summed E-state index contributed by atoms with van der Waals surface area (Å²) in [5.41, 5.74) is 0. The van der Waals surface area contributed by atoms with Crippen LogP contribution in [0.2, 0.25) is 5.02 Å². The van der Waals surface area contributed by atoms with Crippen molar-refractivity contribution in [3.63, 3.8) is 0 Å². The third-order valence-electron chi connectivity index (χ3n) is 3.63. The summed E-state index contributed by atoms with van der Waals surface area (Å²) in [4.78, 5) is 16.5. The van der Waals surface area contributed by atoms with E-state index >= 15 is 0 Å². The predicted octanol–water partition coefficient (Wildman–Crippen LogP) is 1.48. The Labute approximate surface area is 119 Å². The Morgan fingerprint density at radius 3 is 2.95 bits per heavy atom. The molecular weight excluding hydrogens is 264 g/mol. The average Bonchev–Trinajstić information content (AvgIpc) is 2.65. The van der Waals surface area contributed by atoms with Crippen LogP contribution in [-0.2, 0) is 11.3 Å². The first-order valence-electron chi connectivity index (χ1n) is 6.68. The molecule has 6 heteroatoms. The molecule has 19 heavy (non-hydrogen) atoms. The Kier molecular flexibility index (Phi) is 4.82. The molecular formula is C13H21ClN4O. The predicted molar refractivity (Wildman–Crippen MR) is 75.1 cm³/mol. The lowest BCUT2D eigenvalue weighted by Gasteiger charge is -2.28. The van der Waals surface area contributed by atoms with Gasteiger partial charge in [0.05, 0.1) is 11.2 Å². The highest BCUT2D eigenvalue weighted by Crippen LogP contribution is 2.14. The molecule has 1 atom stereocenters. The van der Waals surface area contributed by atoms with Gasteiger partial charge in [0, 0.05) is 25.3 Å². The maximum Gasteiger partial charge on any atom is 0.244 e. The van der Waals surface area contributed by atoms with E-state index < -0.39 is 0 Å². The molecule has 1 amide bonds. The minimum atomic E-state index is 0.119. The summed E-state index contributed by atoms with van der Waals surface area (Å²) in [6, 6.07) is 0.452. The van der Waals surface area contributed by atoms with Gasteiger partial charge in [0.25, 0.3) is 0 Å². The molecule has 0 saturated carbocycles. The van der Waals surface area contributed by atoms with Crippen molar-refractivity contribution in [1.82, 2.24) is 19.6 Å². The van der Waals surface area contributed by atoms with Crippen LogP contribution < -0.4 is 0 Å².